The number of ketones is 2. The minimum Gasteiger partial charge on any atom is -0.457 e. The molecule has 6 heteroatoms. The lowest BCUT2D eigenvalue weighted by atomic mass is 9.78. The lowest BCUT2D eigenvalue weighted by molar-refractivity contribution is 0.0661. The van der Waals surface area contributed by atoms with E-state index >= 15 is 0 Å². The summed E-state index contributed by atoms with van der Waals surface area (Å²) in [6.07, 6.45) is 2.67. The van der Waals surface area contributed by atoms with Gasteiger partial charge in [0.1, 0.15) is 23.0 Å². The number of nitrogens with zero attached hydrogens (tertiary/aromatic N) is 2. The van der Waals surface area contributed by atoms with E-state index in [4.69, 9.17) is 9.47 Å². The van der Waals surface area contributed by atoms with E-state index in [-0.39, 0.29) is 17.0 Å². The molecule has 2 atom stereocenters. The summed E-state index contributed by atoms with van der Waals surface area (Å²) in [5.41, 5.74) is 4.33. The number of likely N-dealkylation sites (N-methyl/N-ethyl adjacent to an activating group) is 2. The van der Waals surface area contributed by atoms with Gasteiger partial charge in [0.15, 0.2) is 11.6 Å². The number of carbonyl (C=O) groups is 2. The molecule has 304 valence electrons. The van der Waals surface area contributed by atoms with Crippen molar-refractivity contribution in [3.63, 3.8) is 0 Å². The zero-order chi connectivity index (χ0) is 42.2. The molecule has 0 amide bonds. The maximum Gasteiger partial charge on any atom is 0.183 e. The summed E-state index contributed by atoms with van der Waals surface area (Å²) in [6.45, 7) is 8.56. The first-order valence-electron chi connectivity index (χ1n) is 20.6. The molecule has 0 aliphatic carbocycles. The van der Waals surface area contributed by atoms with Crippen molar-refractivity contribution in [2.75, 3.05) is 28.2 Å². The molecule has 6 aromatic carbocycles. The third kappa shape index (κ3) is 9.41. The normalized spacial score (nSPS) is 13.7. The lowest BCUT2D eigenvalue weighted by Crippen LogP contribution is -2.52. The van der Waals surface area contributed by atoms with Crippen molar-refractivity contribution in [1.82, 2.24) is 9.80 Å². The Morgan fingerprint density at radius 3 is 1.00 bits per heavy atom. The van der Waals surface area contributed by atoms with Crippen LogP contribution in [0.25, 0.3) is 0 Å². The predicted molar refractivity (Wildman–Crippen MR) is 240 cm³/mol. The molecule has 6 rings (SSSR count). The van der Waals surface area contributed by atoms with Crippen LogP contribution in [0.2, 0.25) is 0 Å². The zero-order valence-corrected chi connectivity index (χ0v) is 35.9. The van der Waals surface area contributed by atoms with Crippen LogP contribution < -0.4 is 9.47 Å². The third-order valence-corrected chi connectivity index (χ3v) is 12.3. The van der Waals surface area contributed by atoms with Gasteiger partial charge in [0, 0.05) is 16.5 Å². The average molecular weight is 787 g/mol. The minimum absolute atomic E-state index is 0.104. The number of carbonyl (C=O) groups excluding carboxylic acids is 2. The highest BCUT2D eigenvalue weighted by atomic mass is 16.5. The van der Waals surface area contributed by atoms with E-state index in [1.807, 2.05) is 137 Å². The van der Waals surface area contributed by atoms with E-state index in [9.17, 15) is 9.59 Å². The van der Waals surface area contributed by atoms with Crippen LogP contribution in [-0.4, -0.2) is 60.6 Å². The van der Waals surface area contributed by atoms with Gasteiger partial charge in [0.2, 0.25) is 0 Å². The number of hydrogen-bond acceptors (Lipinski definition) is 6. The molecular weight excluding hydrogens is 729 g/mol. The van der Waals surface area contributed by atoms with Gasteiger partial charge >= 0.3 is 0 Å². The van der Waals surface area contributed by atoms with Crippen molar-refractivity contribution in [2.24, 2.45) is 0 Å². The van der Waals surface area contributed by atoms with Crippen LogP contribution in [0.4, 0.5) is 0 Å². The Morgan fingerprint density at radius 1 is 0.441 bits per heavy atom. The summed E-state index contributed by atoms with van der Waals surface area (Å²) in [5, 5.41) is 0. The van der Waals surface area contributed by atoms with Crippen LogP contribution in [0.15, 0.2) is 158 Å². The molecule has 0 saturated carbocycles. The Bertz CT molecular complexity index is 2120. The van der Waals surface area contributed by atoms with E-state index < -0.39 is 11.1 Å². The number of Topliss-reactive ketones (excluding diaryl/α,β-unsaturated/α-hetero) is 2. The molecule has 0 saturated heterocycles. The molecule has 0 spiro atoms. The van der Waals surface area contributed by atoms with E-state index in [0.717, 1.165) is 33.8 Å². The second-order valence-corrected chi connectivity index (χ2v) is 16.5. The first-order valence-corrected chi connectivity index (χ1v) is 20.6. The number of ether oxygens (including phenoxy) is 2. The van der Waals surface area contributed by atoms with Gasteiger partial charge in [0.05, 0.1) is 11.1 Å². The summed E-state index contributed by atoms with van der Waals surface area (Å²) >= 11 is 0. The maximum atomic E-state index is 14.0. The van der Waals surface area contributed by atoms with E-state index in [1.165, 1.54) is 0 Å². The van der Waals surface area contributed by atoms with E-state index in [1.54, 1.807) is 0 Å². The van der Waals surface area contributed by atoms with Crippen LogP contribution in [0.3, 0.4) is 0 Å². The number of hydrogen-bond donors (Lipinski definition) is 0. The summed E-state index contributed by atoms with van der Waals surface area (Å²) < 4.78 is 12.5. The molecule has 6 aromatic rings. The maximum absolute atomic E-state index is 14.0. The quantitative estimate of drug-likeness (QED) is 0.0809. The summed E-state index contributed by atoms with van der Waals surface area (Å²) in [7, 11) is 7.94. The number of benzene rings is 6. The van der Waals surface area contributed by atoms with Gasteiger partial charge in [-0.15, -0.1) is 0 Å². The van der Waals surface area contributed by atoms with Crippen molar-refractivity contribution in [3.8, 4) is 23.0 Å². The molecular formula is C53H58N2O4. The fraction of sp³-hybridized carbons (Fsp3) is 0.283. The fourth-order valence-electron chi connectivity index (χ4n) is 8.16. The van der Waals surface area contributed by atoms with Crippen molar-refractivity contribution in [1.29, 1.82) is 0 Å². The van der Waals surface area contributed by atoms with E-state index in [2.05, 4.69) is 86.0 Å². The molecule has 2 unspecified atom stereocenters. The van der Waals surface area contributed by atoms with Crippen LogP contribution in [0.1, 0.15) is 83.5 Å². The van der Waals surface area contributed by atoms with Crippen LogP contribution in [-0.2, 0) is 18.3 Å². The Kier molecular flexibility index (Phi) is 13.3. The molecule has 0 bridgehead atoms. The summed E-state index contributed by atoms with van der Waals surface area (Å²) in [4.78, 5) is 32.1. The second kappa shape index (κ2) is 18.4. The van der Waals surface area contributed by atoms with Crippen LogP contribution >= 0.6 is 0 Å². The Morgan fingerprint density at radius 2 is 0.729 bits per heavy atom. The van der Waals surface area contributed by atoms with Gasteiger partial charge in [-0.1, -0.05) is 113 Å². The second-order valence-electron chi connectivity index (χ2n) is 16.5. The molecule has 0 aliphatic rings. The summed E-state index contributed by atoms with van der Waals surface area (Å²) in [5.74, 6) is 2.99. The molecule has 0 radical (unpaired) electrons. The molecule has 59 heavy (non-hydrogen) atoms. The third-order valence-electron chi connectivity index (χ3n) is 12.3. The lowest BCUT2D eigenvalue weighted by Gasteiger charge is -2.38. The SMILES string of the molecule is CCC(Cc1ccccc1)(C(=O)c1ccc(Oc2ccc(C(C)(C)c3ccc(Oc4ccc(C(=O)C(CC)(Cc5ccccc5)N(C)C)cc4)cc3)cc2)cc1)N(C)C. The standard InChI is InChI=1S/C53H58N2O4/c1-9-52(54(5)6,37-39-17-13-11-14-18-39)49(56)41-21-29-45(30-22-41)58-47-33-25-43(26-34-47)51(3,4)44-27-35-48(36-28-44)59-46-31-23-42(24-32-46)50(57)53(10-2,55(7)8)38-40-19-15-12-16-20-40/h11-36H,9-10,37-38H2,1-8H3. The van der Waals surface area contributed by atoms with Crippen molar-refractivity contribution >= 4 is 11.6 Å². The van der Waals surface area contributed by atoms with Gasteiger partial charge in [-0.05, 0) is 149 Å². The Balaban J connectivity index is 1.08. The smallest absolute Gasteiger partial charge is 0.183 e. The largest absolute Gasteiger partial charge is 0.457 e. The van der Waals surface area contributed by atoms with Crippen molar-refractivity contribution in [3.05, 3.63) is 191 Å². The monoisotopic (exact) mass is 786 g/mol. The minimum atomic E-state index is -0.646. The van der Waals surface area contributed by atoms with E-state index in [0.29, 0.717) is 48.3 Å². The topological polar surface area (TPSA) is 59.1 Å². The summed E-state index contributed by atoms with van der Waals surface area (Å²) in [6, 6.07) is 51.7. The highest BCUT2D eigenvalue weighted by Crippen LogP contribution is 2.36. The van der Waals surface area contributed by atoms with Crippen molar-refractivity contribution in [2.45, 2.75) is 69.9 Å². The predicted octanol–water partition coefficient (Wildman–Crippen LogP) is 11.9. The Labute approximate surface area is 351 Å². The van der Waals surface area contributed by atoms with Gasteiger partial charge in [-0.3, -0.25) is 19.4 Å². The van der Waals surface area contributed by atoms with Crippen LogP contribution in [0.5, 0.6) is 23.0 Å². The van der Waals surface area contributed by atoms with Gasteiger partial charge in [0.25, 0.3) is 0 Å². The molecule has 0 aromatic heterocycles. The van der Waals surface area contributed by atoms with Gasteiger partial charge < -0.3 is 9.47 Å². The molecule has 0 fully saturated rings. The number of rotatable bonds is 18. The molecule has 0 N–H and O–H groups in total. The highest BCUT2D eigenvalue weighted by Gasteiger charge is 2.40. The highest BCUT2D eigenvalue weighted by molar-refractivity contribution is 6.04. The average Bonchev–Trinajstić information content (AvgIpc) is 3.25. The molecule has 0 aliphatic heterocycles. The van der Waals surface area contributed by atoms with Crippen molar-refractivity contribution < 1.29 is 19.1 Å². The first kappa shape index (κ1) is 42.8. The molecule has 6 nitrogen and oxygen atoms in total. The van der Waals surface area contributed by atoms with Crippen LogP contribution in [0, 0.1) is 0 Å². The van der Waals surface area contributed by atoms with Gasteiger partial charge in [-0.2, -0.15) is 0 Å². The first-order chi connectivity index (χ1) is 28.3. The Hall–Kier alpha value is -5.82. The zero-order valence-electron chi connectivity index (χ0n) is 35.9. The molecule has 0 heterocycles. The van der Waals surface area contributed by atoms with Gasteiger partial charge in [-0.25, -0.2) is 0 Å². The fourth-order valence-corrected chi connectivity index (χ4v) is 8.16.